The molecule has 9 nitrogen and oxygen atoms in total. The summed E-state index contributed by atoms with van der Waals surface area (Å²) in [6.07, 6.45) is 6.92. The Morgan fingerprint density at radius 1 is 0.829 bits per heavy atom. The molecule has 0 radical (unpaired) electrons. The summed E-state index contributed by atoms with van der Waals surface area (Å²) in [6.45, 7) is 14.0. The van der Waals surface area contributed by atoms with E-state index in [1.165, 1.54) is 11.1 Å². The molecular formula is C24H47NO8P2. The molecule has 0 rings (SSSR count). The number of alkyl carbamates (subject to hydrolysis) is 1. The minimum Gasteiger partial charge on any atom is -0.450 e. The first-order valence-electron chi connectivity index (χ1n) is 12.6. The van der Waals surface area contributed by atoms with Crippen molar-refractivity contribution in [1.82, 2.24) is 5.32 Å². The van der Waals surface area contributed by atoms with Gasteiger partial charge >= 0.3 is 21.3 Å². The average molecular weight is 540 g/mol. The molecule has 35 heavy (non-hydrogen) atoms. The summed E-state index contributed by atoms with van der Waals surface area (Å²) in [7, 11) is -7.60. The molecule has 0 saturated heterocycles. The van der Waals surface area contributed by atoms with Gasteiger partial charge in [0.05, 0.1) is 33.0 Å². The normalized spacial score (nSPS) is 12.6. The van der Waals surface area contributed by atoms with E-state index in [1.807, 2.05) is 0 Å². The first-order chi connectivity index (χ1) is 16.6. The Kier molecular flexibility index (Phi) is 18.7. The Balaban J connectivity index is 4.83. The number of rotatable bonds is 20. The van der Waals surface area contributed by atoms with Gasteiger partial charge in [-0.1, -0.05) is 23.3 Å². The van der Waals surface area contributed by atoms with Crippen LogP contribution in [0.1, 0.15) is 80.6 Å². The minimum atomic E-state index is -3.80. The second kappa shape index (κ2) is 19.2. The molecule has 0 bridgehead atoms. The van der Waals surface area contributed by atoms with Gasteiger partial charge in [-0.15, -0.1) is 0 Å². The molecule has 0 spiro atoms. The third-order valence-corrected chi connectivity index (χ3v) is 10.9. The second-order valence-corrected chi connectivity index (χ2v) is 12.9. The zero-order chi connectivity index (χ0) is 26.7. The summed E-state index contributed by atoms with van der Waals surface area (Å²) in [6, 6.07) is 0. The van der Waals surface area contributed by atoms with Crippen LogP contribution in [0.25, 0.3) is 0 Å². The molecule has 0 fully saturated rings. The first-order valence-corrected chi connectivity index (χ1v) is 15.8. The summed E-state index contributed by atoms with van der Waals surface area (Å²) in [5, 5.41) is 1.61. The first kappa shape index (κ1) is 34.0. The zero-order valence-electron chi connectivity index (χ0n) is 22.7. The maximum Gasteiger partial charge on any atom is 0.407 e. The van der Waals surface area contributed by atoms with Crippen molar-refractivity contribution in [1.29, 1.82) is 0 Å². The van der Waals surface area contributed by atoms with Gasteiger partial charge < -0.3 is 28.1 Å². The number of hydrogen-bond acceptors (Lipinski definition) is 8. The summed E-state index contributed by atoms with van der Waals surface area (Å²) in [4.78, 5) is 12.0. The number of allylic oxidation sites excluding steroid dienone is 3. The number of carbonyl (C=O) groups excluding carboxylic acids is 1. The molecule has 1 amide bonds. The largest absolute Gasteiger partial charge is 0.450 e. The van der Waals surface area contributed by atoms with E-state index < -0.39 is 26.7 Å². The Bertz CT molecular complexity index is 700. The van der Waals surface area contributed by atoms with Gasteiger partial charge in [0, 0.05) is 6.54 Å². The van der Waals surface area contributed by atoms with Gasteiger partial charge in [-0.25, -0.2) is 4.79 Å². The molecule has 0 aromatic heterocycles. The number of ether oxygens (including phenoxy) is 1. The van der Waals surface area contributed by atoms with Gasteiger partial charge in [-0.2, -0.15) is 0 Å². The highest BCUT2D eigenvalue weighted by Crippen LogP contribution is 2.71. The molecule has 11 heteroatoms. The lowest BCUT2D eigenvalue weighted by Gasteiger charge is -2.31. The van der Waals surface area contributed by atoms with E-state index in [-0.39, 0.29) is 45.9 Å². The van der Waals surface area contributed by atoms with E-state index in [0.717, 1.165) is 19.3 Å². The van der Waals surface area contributed by atoms with Crippen LogP contribution in [0.15, 0.2) is 23.3 Å². The maximum atomic E-state index is 13.5. The number of nitrogens with one attached hydrogen (secondary N) is 1. The maximum absolute atomic E-state index is 13.5. The average Bonchev–Trinajstić information content (AvgIpc) is 2.76. The molecule has 0 heterocycles. The van der Waals surface area contributed by atoms with E-state index in [9.17, 15) is 13.9 Å². The summed E-state index contributed by atoms with van der Waals surface area (Å²) >= 11 is 0. The Morgan fingerprint density at radius 3 is 1.80 bits per heavy atom. The van der Waals surface area contributed by atoms with Crippen LogP contribution in [0.3, 0.4) is 0 Å². The molecule has 0 unspecified atom stereocenters. The fourth-order valence-electron chi connectivity index (χ4n) is 3.29. The molecule has 0 atom stereocenters. The Hall–Kier alpha value is -0.950. The van der Waals surface area contributed by atoms with Gasteiger partial charge in [0.15, 0.2) is 5.40 Å². The molecule has 0 saturated carbocycles. The standard InChI is InChI=1S/C24H47NO8P2/c1-8-30-34(27,31-9-2)23(35(28,32-10-3)33-11-4)18-14-20-29-24(26)25-19-13-17-22(7)16-12-15-21(5)6/h15,17,23H,8-14,16,18-20H2,1-7H3,(H,25,26). The zero-order valence-corrected chi connectivity index (χ0v) is 24.5. The van der Waals surface area contributed by atoms with Crippen molar-refractivity contribution >= 4 is 21.3 Å². The van der Waals surface area contributed by atoms with Crippen molar-refractivity contribution in [2.24, 2.45) is 0 Å². The fraction of sp³-hybridized carbons (Fsp3) is 0.792. The molecule has 0 aliphatic heterocycles. The van der Waals surface area contributed by atoms with Crippen LogP contribution in [0.4, 0.5) is 4.79 Å². The van der Waals surface area contributed by atoms with Gasteiger partial charge in [0.25, 0.3) is 0 Å². The van der Waals surface area contributed by atoms with E-state index in [0.29, 0.717) is 6.54 Å². The number of amides is 1. The Morgan fingerprint density at radius 2 is 1.34 bits per heavy atom. The van der Waals surface area contributed by atoms with Gasteiger partial charge in [-0.05, 0) is 80.6 Å². The smallest absolute Gasteiger partial charge is 0.407 e. The molecule has 0 aliphatic carbocycles. The lowest BCUT2D eigenvalue weighted by atomic mass is 10.1. The molecule has 0 aromatic carbocycles. The summed E-state index contributed by atoms with van der Waals surface area (Å²) < 4.78 is 53.9. The van der Waals surface area contributed by atoms with Crippen molar-refractivity contribution < 1.29 is 36.8 Å². The van der Waals surface area contributed by atoms with Crippen molar-refractivity contribution in [2.45, 2.75) is 86.0 Å². The van der Waals surface area contributed by atoms with Crippen molar-refractivity contribution in [3.63, 3.8) is 0 Å². The molecule has 1 N–H and O–H groups in total. The highest BCUT2D eigenvalue weighted by molar-refractivity contribution is 7.72. The van der Waals surface area contributed by atoms with E-state index >= 15 is 0 Å². The van der Waals surface area contributed by atoms with E-state index in [4.69, 9.17) is 22.8 Å². The van der Waals surface area contributed by atoms with Crippen LogP contribution in [0, 0.1) is 0 Å². The highest BCUT2D eigenvalue weighted by atomic mass is 31.2. The predicted molar refractivity (Wildman–Crippen MR) is 141 cm³/mol. The predicted octanol–water partition coefficient (Wildman–Crippen LogP) is 7.43. The van der Waals surface area contributed by atoms with Gasteiger partial charge in [-0.3, -0.25) is 9.13 Å². The topological polar surface area (TPSA) is 109 Å². The quantitative estimate of drug-likeness (QED) is 0.0966. The van der Waals surface area contributed by atoms with Crippen LogP contribution in [-0.4, -0.2) is 51.1 Å². The molecule has 206 valence electrons. The third-order valence-electron chi connectivity index (χ3n) is 4.80. The SMILES string of the molecule is CCOP(=O)(OCC)C(CCCOC(=O)NCCC=C(C)CCC=C(C)C)P(=O)(OCC)OCC. The van der Waals surface area contributed by atoms with E-state index in [1.54, 1.807) is 27.7 Å². The lowest BCUT2D eigenvalue weighted by Crippen LogP contribution is -2.26. The van der Waals surface area contributed by atoms with Crippen LogP contribution in [0.5, 0.6) is 0 Å². The fourth-order valence-corrected chi connectivity index (χ4v) is 8.75. The van der Waals surface area contributed by atoms with Crippen molar-refractivity contribution in [2.75, 3.05) is 39.6 Å². The Labute approximate surface area is 212 Å². The number of hydrogen-bond donors (Lipinski definition) is 1. The number of carbonyl (C=O) groups is 1. The summed E-state index contributed by atoms with van der Waals surface area (Å²) in [5.74, 6) is 0. The highest BCUT2D eigenvalue weighted by Gasteiger charge is 2.50. The second-order valence-electron chi connectivity index (χ2n) is 8.10. The van der Waals surface area contributed by atoms with Crippen molar-refractivity contribution in [3.8, 4) is 0 Å². The van der Waals surface area contributed by atoms with E-state index in [2.05, 4.69) is 38.2 Å². The van der Waals surface area contributed by atoms with Crippen LogP contribution >= 0.6 is 15.2 Å². The lowest BCUT2D eigenvalue weighted by molar-refractivity contribution is 0.143. The molecule has 0 aliphatic rings. The van der Waals surface area contributed by atoms with Crippen LogP contribution < -0.4 is 5.32 Å². The summed E-state index contributed by atoms with van der Waals surface area (Å²) in [5.41, 5.74) is 2.59. The minimum absolute atomic E-state index is 0.0520. The van der Waals surface area contributed by atoms with Gasteiger partial charge in [0.1, 0.15) is 0 Å². The van der Waals surface area contributed by atoms with Crippen LogP contribution in [0.2, 0.25) is 0 Å². The van der Waals surface area contributed by atoms with Crippen molar-refractivity contribution in [3.05, 3.63) is 23.3 Å². The van der Waals surface area contributed by atoms with Crippen LogP contribution in [-0.2, 0) is 32.0 Å². The van der Waals surface area contributed by atoms with Gasteiger partial charge in [0.2, 0.25) is 0 Å². The molecular weight excluding hydrogens is 492 g/mol. The third kappa shape index (κ3) is 14.4. The monoisotopic (exact) mass is 539 g/mol. The molecule has 0 aromatic rings.